The molecule has 27 heavy (non-hydrogen) atoms. The highest BCUT2D eigenvalue weighted by atomic mass is 16.5. The summed E-state index contributed by atoms with van der Waals surface area (Å²) in [6.45, 7) is 2.65. The fraction of sp³-hybridized carbons (Fsp3) is 0.474. The molecule has 0 radical (unpaired) electrons. The molecule has 4 rings (SSSR count). The Kier molecular flexibility index (Phi) is 4.43. The van der Waals surface area contributed by atoms with Crippen LogP contribution in [0, 0.1) is 6.92 Å². The Morgan fingerprint density at radius 1 is 1.11 bits per heavy atom. The number of fused-ring (bicyclic) bond motifs is 1. The van der Waals surface area contributed by atoms with Crippen molar-refractivity contribution in [2.75, 3.05) is 32.8 Å². The first-order valence-electron chi connectivity index (χ1n) is 8.91. The van der Waals surface area contributed by atoms with Crippen LogP contribution in [0.2, 0.25) is 0 Å². The van der Waals surface area contributed by atoms with E-state index in [1.165, 1.54) is 0 Å². The van der Waals surface area contributed by atoms with E-state index >= 15 is 0 Å². The van der Waals surface area contributed by atoms with Crippen molar-refractivity contribution in [2.24, 2.45) is 0 Å². The molecule has 2 saturated heterocycles. The number of amides is 1. The molecule has 0 unspecified atom stereocenters. The summed E-state index contributed by atoms with van der Waals surface area (Å²) >= 11 is 0. The van der Waals surface area contributed by atoms with Crippen molar-refractivity contribution in [2.45, 2.75) is 32.0 Å². The highest BCUT2D eigenvalue weighted by Gasteiger charge is 2.50. The van der Waals surface area contributed by atoms with Crippen molar-refractivity contribution >= 4 is 11.7 Å². The van der Waals surface area contributed by atoms with Crippen LogP contribution in [0.1, 0.15) is 30.3 Å². The van der Waals surface area contributed by atoms with Gasteiger partial charge in [-0.25, -0.2) is 0 Å². The first-order chi connectivity index (χ1) is 13.1. The number of methoxy groups -OCH3 is 3. The number of nitrogens with zero attached hydrogens (tertiary/aromatic N) is 3. The second kappa shape index (κ2) is 6.77. The molecule has 2 aliphatic rings. The summed E-state index contributed by atoms with van der Waals surface area (Å²) in [4.78, 5) is 17.0. The van der Waals surface area contributed by atoms with Crippen LogP contribution in [-0.4, -0.2) is 49.9 Å². The lowest BCUT2D eigenvalue weighted by Gasteiger charge is -2.29. The Morgan fingerprint density at radius 3 is 2.37 bits per heavy atom. The summed E-state index contributed by atoms with van der Waals surface area (Å²) in [6, 6.07) is 5.41. The van der Waals surface area contributed by atoms with Gasteiger partial charge in [-0.15, -0.1) is 0 Å². The zero-order valence-corrected chi connectivity index (χ0v) is 15.9. The second-order valence-electron chi connectivity index (χ2n) is 6.73. The van der Waals surface area contributed by atoms with Gasteiger partial charge >= 0.3 is 0 Å². The zero-order chi connectivity index (χ0) is 19.1. The van der Waals surface area contributed by atoms with Gasteiger partial charge in [-0.1, -0.05) is 5.16 Å². The van der Waals surface area contributed by atoms with Gasteiger partial charge in [-0.05, 0) is 37.5 Å². The maximum atomic E-state index is 13.1. The lowest BCUT2D eigenvalue weighted by Crippen LogP contribution is -2.32. The molecule has 2 fully saturated rings. The number of hydrogen-bond acceptors (Lipinski definition) is 7. The van der Waals surface area contributed by atoms with Crippen LogP contribution in [0.25, 0.3) is 0 Å². The largest absolute Gasteiger partial charge is 0.493 e. The van der Waals surface area contributed by atoms with Crippen LogP contribution in [0.3, 0.4) is 0 Å². The van der Waals surface area contributed by atoms with Crippen LogP contribution in [0.15, 0.2) is 22.7 Å². The Balaban J connectivity index is 1.85. The van der Waals surface area contributed by atoms with Crippen LogP contribution < -0.4 is 19.1 Å². The average molecular weight is 373 g/mol. The number of rotatable bonds is 5. The Hall–Kier alpha value is -2.74. The number of hydrogen-bond donors (Lipinski definition) is 0. The summed E-state index contributed by atoms with van der Waals surface area (Å²) in [6.07, 6.45) is 1.53. The average Bonchev–Trinajstić information content (AvgIpc) is 3.37. The normalized spacial score (nSPS) is 22.2. The van der Waals surface area contributed by atoms with E-state index in [-0.39, 0.29) is 18.1 Å². The molecule has 0 aliphatic carbocycles. The molecule has 3 heterocycles. The van der Waals surface area contributed by atoms with Gasteiger partial charge in [0.2, 0.25) is 11.7 Å². The minimum absolute atomic E-state index is 0.0413. The van der Waals surface area contributed by atoms with Gasteiger partial charge in [0.25, 0.3) is 0 Å². The topological polar surface area (TPSA) is 77.3 Å². The van der Waals surface area contributed by atoms with E-state index < -0.39 is 0 Å². The molecule has 0 saturated carbocycles. The van der Waals surface area contributed by atoms with Crippen molar-refractivity contribution in [3.05, 3.63) is 29.5 Å². The highest BCUT2D eigenvalue weighted by Crippen LogP contribution is 2.46. The number of carbonyl (C=O) groups excluding carboxylic acids is 1. The predicted molar refractivity (Wildman–Crippen MR) is 97.3 cm³/mol. The van der Waals surface area contributed by atoms with Gasteiger partial charge in [0.05, 0.1) is 27.4 Å². The monoisotopic (exact) mass is 373 g/mol. The number of ether oxygens (including phenoxy) is 3. The van der Waals surface area contributed by atoms with Crippen molar-refractivity contribution in [3.8, 4) is 17.2 Å². The first-order valence-corrected chi connectivity index (χ1v) is 8.91. The van der Waals surface area contributed by atoms with Gasteiger partial charge in [0.1, 0.15) is 11.9 Å². The van der Waals surface area contributed by atoms with Crippen molar-refractivity contribution in [1.82, 2.24) is 10.1 Å². The summed E-state index contributed by atoms with van der Waals surface area (Å²) in [7, 11) is 4.73. The molecule has 144 valence electrons. The Bertz CT molecular complexity index is 840. The lowest BCUT2D eigenvalue weighted by molar-refractivity contribution is -0.119. The predicted octanol–water partition coefficient (Wildman–Crippen LogP) is 2.52. The zero-order valence-electron chi connectivity index (χ0n) is 15.9. The molecule has 0 N–H and O–H groups in total. The van der Waals surface area contributed by atoms with Crippen LogP contribution in [0.4, 0.5) is 5.82 Å². The number of anilines is 1. The number of benzene rings is 1. The summed E-state index contributed by atoms with van der Waals surface area (Å²) in [5, 5.41) is 4.09. The third-order valence-electron chi connectivity index (χ3n) is 5.22. The molecule has 2 atom stereocenters. The van der Waals surface area contributed by atoms with Crippen molar-refractivity contribution in [1.29, 1.82) is 0 Å². The van der Waals surface area contributed by atoms with E-state index in [2.05, 4.69) is 10.1 Å². The van der Waals surface area contributed by atoms with Crippen LogP contribution in [0.5, 0.6) is 17.2 Å². The van der Waals surface area contributed by atoms with E-state index in [9.17, 15) is 4.79 Å². The van der Waals surface area contributed by atoms with Crippen molar-refractivity contribution in [3.63, 3.8) is 0 Å². The fourth-order valence-corrected chi connectivity index (χ4v) is 4.07. The van der Waals surface area contributed by atoms with E-state index in [4.69, 9.17) is 18.7 Å². The molecule has 8 heteroatoms. The third-order valence-corrected chi connectivity index (χ3v) is 5.22. The van der Waals surface area contributed by atoms with E-state index in [1.54, 1.807) is 32.3 Å². The third kappa shape index (κ3) is 2.71. The van der Waals surface area contributed by atoms with Crippen LogP contribution >= 0.6 is 0 Å². The van der Waals surface area contributed by atoms with E-state index in [1.807, 2.05) is 19.1 Å². The minimum Gasteiger partial charge on any atom is -0.493 e. The molecule has 1 aromatic heterocycles. The van der Waals surface area contributed by atoms with Crippen molar-refractivity contribution < 1.29 is 23.5 Å². The molecule has 0 bridgehead atoms. The molecule has 8 nitrogen and oxygen atoms in total. The lowest BCUT2D eigenvalue weighted by atomic mass is 10.1. The van der Waals surface area contributed by atoms with Gasteiger partial charge in [-0.3, -0.25) is 14.6 Å². The molecule has 0 spiro atoms. The minimum atomic E-state index is -0.303. The standard InChI is InChI=1S/C19H23N3O5/c1-11-8-16(20-27-11)22-18(21-7-5-6-13(21)19(22)23)12-9-14(24-2)17(26-4)15(10-12)25-3/h8-10,13,18H,5-7H2,1-4H3/t13-,18+/m0/s1. The van der Waals surface area contributed by atoms with E-state index in [0.717, 1.165) is 24.9 Å². The summed E-state index contributed by atoms with van der Waals surface area (Å²) in [5.74, 6) is 2.85. The second-order valence-corrected chi connectivity index (χ2v) is 6.73. The quantitative estimate of drug-likeness (QED) is 0.797. The molecule has 1 aromatic carbocycles. The highest BCUT2D eigenvalue weighted by molar-refractivity contribution is 5.99. The van der Waals surface area contributed by atoms with Gasteiger partial charge in [0, 0.05) is 12.6 Å². The molecule has 2 aromatic rings. The number of carbonyl (C=O) groups is 1. The van der Waals surface area contributed by atoms with E-state index in [0.29, 0.717) is 28.8 Å². The molecular formula is C19H23N3O5. The summed E-state index contributed by atoms with van der Waals surface area (Å²) < 4.78 is 21.7. The Morgan fingerprint density at radius 2 is 1.81 bits per heavy atom. The molecule has 2 aliphatic heterocycles. The molecule has 1 amide bonds. The smallest absolute Gasteiger partial charge is 0.247 e. The number of aryl methyl sites for hydroxylation is 1. The first kappa shape index (κ1) is 17.7. The van der Waals surface area contributed by atoms with Gasteiger partial charge in [0.15, 0.2) is 17.3 Å². The SMILES string of the molecule is COc1cc([C@H]2N(c3cc(C)on3)C(=O)[C@@H]3CCCN32)cc(OC)c1OC. The van der Waals surface area contributed by atoms with Crippen LogP contribution in [-0.2, 0) is 4.79 Å². The Labute approximate surface area is 157 Å². The maximum Gasteiger partial charge on any atom is 0.247 e. The van der Waals surface area contributed by atoms with Gasteiger partial charge < -0.3 is 18.7 Å². The fourth-order valence-electron chi connectivity index (χ4n) is 4.07. The van der Waals surface area contributed by atoms with Gasteiger partial charge in [-0.2, -0.15) is 0 Å². The summed E-state index contributed by atoms with van der Waals surface area (Å²) in [5.41, 5.74) is 0.878. The maximum absolute atomic E-state index is 13.1. The molecular weight excluding hydrogens is 350 g/mol. The number of aromatic nitrogens is 1.